The van der Waals surface area contributed by atoms with Gasteiger partial charge in [0.25, 0.3) is 0 Å². The monoisotopic (exact) mass is 530 g/mol. The molecule has 1 fully saturated rings. The number of nitrogens with zero attached hydrogens (tertiary/aromatic N) is 2. The number of carboxylic acid groups (broad SMARTS) is 2. The minimum absolute atomic E-state index is 0.0831. The number of fused-ring (bicyclic) bond motifs is 1. The number of ketones is 1. The summed E-state index contributed by atoms with van der Waals surface area (Å²) in [4.78, 5) is 32.8. The van der Waals surface area contributed by atoms with Crippen LogP contribution in [0.2, 0.25) is 5.02 Å². The number of benzene rings is 2. The van der Waals surface area contributed by atoms with Gasteiger partial charge < -0.3 is 29.2 Å². The summed E-state index contributed by atoms with van der Waals surface area (Å²) in [6.07, 6.45) is 5.30. The van der Waals surface area contributed by atoms with Crippen molar-refractivity contribution >= 4 is 40.2 Å². The fourth-order valence-electron chi connectivity index (χ4n) is 4.37. The maximum Gasteiger partial charge on any atom is 0.414 e. The number of carbonyl (C=O) groups is 3. The predicted octanol–water partition coefficient (Wildman–Crippen LogP) is 4.60. The van der Waals surface area contributed by atoms with E-state index in [1.165, 1.54) is 0 Å². The number of likely N-dealkylation sites (tertiary alicyclic amines) is 1. The van der Waals surface area contributed by atoms with E-state index in [2.05, 4.69) is 9.47 Å². The number of Topliss-reactive ketones (excluding diaryl/α,β-unsaturated/α-hetero) is 1. The smallest absolute Gasteiger partial charge is 0.414 e. The van der Waals surface area contributed by atoms with Crippen LogP contribution in [0.15, 0.2) is 48.7 Å². The Balaban J connectivity index is 0.000000568. The summed E-state index contributed by atoms with van der Waals surface area (Å²) in [5, 5.41) is 16.5. The maximum atomic E-state index is 12.1. The summed E-state index contributed by atoms with van der Waals surface area (Å²) in [6, 6.07) is 13.5. The number of aryl methyl sites for hydroxylation is 1. The van der Waals surface area contributed by atoms with Crippen LogP contribution in [-0.2, 0) is 16.1 Å². The number of para-hydroxylation sites is 1. The van der Waals surface area contributed by atoms with Gasteiger partial charge in [-0.05, 0) is 63.1 Å². The molecule has 3 aromatic rings. The van der Waals surface area contributed by atoms with Gasteiger partial charge in [-0.3, -0.25) is 4.79 Å². The summed E-state index contributed by atoms with van der Waals surface area (Å²) in [5.74, 6) is -1.87. The van der Waals surface area contributed by atoms with E-state index in [1.54, 1.807) is 14.0 Å². The number of aliphatic carboxylic acids is 2. The van der Waals surface area contributed by atoms with Crippen LogP contribution in [0.4, 0.5) is 0 Å². The highest BCUT2D eigenvalue weighted by molar-refractivity contribution is 6.30. The number of hydrogen-bond acceptors (Lipinski definition) is 6. The van der Waals surface area contributed by atoms with E-state index in [0.717, 1.165) is 78.4 Å². The minimum Gasteiger partial charge on any atom is -0.495 e. The third-order valence-electron chi connectivity index (χ3n) is 6.17. The fourth-order valence-corrected chi connectivity index (χ4v) is 4.49. The molecule has 0 saturated carbocycles. The Morgan fingerprint density at radius 2 is 1.65 bits per heavy atom. The molecule has 0 atom stereocenters. The van der Waals surface area contributed by atoms with Crippen LogP contribution in [0.1, 0.15) is 36.5 Å². The molecule has 0 spiro atoms. The molecule has 4 rings (SSSR count). The molecule has 37 heavy (non-hydrogen) atoms. The van der Waals surface area contributed by atoms with Gasteiger partial charge in [0.05, 0.1) is 12.6 Å². The zero-order valence-corrected chi connectivity index (χ0v) is 21.6. The topological polar surface area (TPSA) is 118 Å². The zero-order valence-electron chi connectivity index (χ0n) is 20.9. The second-order valence-corrected chi connectivity index (χ2v) is 9.16. The van der Waals surface area contributed by atoms with Gasteiger partial charge in [-0.25, -0.2) is 9.59 Å². The quantitative estimate of drug-likeness (QED) is 0.320. The third kappa shape index (κ3) is 7.71. The average molecular weight is 531 g/mol. The second kappa shape index (κ2) is 13.1. The first kappa shape index (κ1) is 28.0. The van der Waals surface area contributed by atoms with Gasteiger partial charge in [0.1, 0.15) is 17.6 Å². The van der Waals surface area contributed by atoms with Crippen molar-refractivity contribution in [2.24, 2.45) is 0 Å². The Hall–Kier alpha value is -3.56. The number of carboxylic acids is 2. The van der Waals surface area contributed by atoms with Crippen LogP contribution in [0.25, 0.3) is 10.9 Å². The molecule has 2 heterocycles. The van der Waals surface area contributed by atoms with Crippen molar-refractivity contribution in [3.05, 3.63) is 59.2 Å². The largest absolute Gasteiger partial charge is 0.495 e. The van der Waals surface area contributed by atoms with Gasteiger partial charge in [0.15, 0.2) is 5.78 Å². The highest BCUT2D eigenvalue weighted by atomic mass is 35.5. The number of piperidine rings is 1. The molecular weight excluding hydrogens is 500 g/mol. The van der Waals surface area contributed by atoms with Gasteiger partial charge in [-0.2, -0.15) is 0 Å². The Morgan fingerprint density at radius 3 is 2.22 bits per heavy atom. The van der Waals surface area contributed by atoms with Crippen molar-refractivity contribution in [2.75, 3.05) is 26.7 Å². The van der Waals surface area contributed by atoms with Crippen LogP contribution in [0.3, 0.4) is 0 Å². The standard InChI is InChI=1S/C25H29ClN2O3.C2H2O4/c1-18(29)23-17-28(25-22(23)5-3-6-24(25)30-2)14-4-13-27-15-11-21(12-16-27)31-20-9-7-19(26)8-10-20;3-1(4)2(5)6/h3,5-10,17,21H,4,11-16H2,1-2H3;(H,3,4)(H,5,6). The molecule has 0 unspecified atom stereocenters. The van der Waals surface area contributed by atoms with Crippen LogP contribution >= 0.6 is 11.6 Å². The normalized spacial score (nSPS) is 14.0. The lowest BCUT2D eigenvalue weighted by molar-refractivity contribution is -0.159. The first-order valence-corrected chi connectivity index (χ1v) is 12.3. The van der Waals surface area contributed by atoms with Crippen LogP contribution in [0.5, 0.6) is 11.5 Å². The van der Waals surface area contributed by atoms with Crippen molar-refractivity contribution in [1.82, 2.24) is 9.47 Å². The lowest BCUT2D eigenvalue weighted by atomic mass is 10.1. The van der Waals surface area contributed by atoms with E-state index in [-0.39, 0.29) is 11.9 Å². The highest BCUT2D eigenvalue weighted by Crippen LogP contribution is 2.30. The number of methoxy groups -OCH3 is 1. The first-order chi connectivity index (χ1) is 17.7. The first-order valence-electron chi connectivity index (χ1n) is 12.0. The highest BCUT2D eigenvalue weighted by Gasteiger charge is 2.21. The fraction of sp³-hybridized carbons (Fsp3) is 0.370. The molecule has 9 nitrogen and oxygen atoms in total. The van der Waals surface area contributed by atoms with E-state index >= 15 is 0 Å². The maximum absolute atomic E-state index is 12.1. The predicted molar refractivity (Wildman–Crippen MR) is 140 cm³/mol. The lowest BCUT2D eigenvalue weighted by Gasteiger charge is -2.32. The molecule has 0 bridgehead atoms. The van der Waals surface area contributed by atoms with Gasteiger partial charge in [-0.1, -0.05) is 23.7 Å². The lowest BCUT2D eigenvalue weighted by Crippen LogP contribution is -2.38. The van der Waals surface area contributed by atoms with Crippen LogP contribution < -0.4 is 9.47 Å². The van der Waals surface area contributed by atoms with Crippen LogP contribution in [-0.4, -0.2) is 70.2 Å². The molecule has 0 amide bonds. The van der Waals surface area contributed by atoms with Crippen molar-refractivity contribution in [3.8, 4) is 11.5 Å². The molecule has 2 N–H and O–H groups in total. The van der Waals surface area contributed by atoms with Crippen molar-refractivity contribution in [2.45, 2.75) is 38.8 Å². The Kier molecular flexibility index (Phi) is 9.93. The van der Waals surface area contributed by atoms with E-state index < -0.39 is 11.9 Å². The van der Waals surface area contributed by atoms with Crippen molar-refractivity contribution < 1.29 is 34.1 Å². The number of hydrogen-bond donors (Lipinski definition) is 2. The Bertz CT molecular complexity index is 1220. The van der Waals surface area contributed by atoms with Gasteiger partial charge in [0.2, 0.25) is 0 Å². The summed E-state index contributed by atoms with van der Waals surface area (Å²) in [5.41, 5.74) is 1.76. The Morgan fingerprint density at radius 1 is 1.00 bits per heavy atom. The molecule has 0 aliphatic carbocycles. The summed E-state index contributed by atoms with van der Waals surface area (Å²) >= 11 is 5.94. The number of aromatic nitrogens is 1. The molecule has 0 radical (unpaired) electrons. The van der Waals surface area contributed by atoms with Gasteiger partial charge in [0, 0.05) is 41.8 Å². The summed E-state index contributed by atoms with van der Waals surface area (Å²) in [6.45, 7) is 5.57. The molecule has 1 aliphatic heterocycles. The van der Waals surface area contributed by atoms with Crippen molar-refractivity contribution in [1.29, 1.82) is 0 Å². The van der Waals surface area contributed by atoms with Crippen LogP contribution in [0, 0.1) is 0 Å². The number of rotatable bonds is 8. The summed E-state index contributed by atoms with van der Waals surface area (Å²) < 4.78 is 13.8. The van der Waals surface area contributed by atoms with Gasteiger partial charge >= 0.3 is 11.9 Å². The summed E-state index contributed by atoms with van der Waals surface area (Å²) in [7, 11) is 1.68. The third-order valence-corrected chi connectivity index (χ3v) is 6.42. The zero-order chi connectivity index (χ0) is 26.9. The average Bonchev–Trinajstić information content (AvgIpc) is 3.26. The molecular formula is C27H31ClN2O7. The molecule has 1 aliphatic rings. The minimum atomic E-state index is -1.82. The molecule has 10 heteroatoms. The molecule has 1 saturated heterocycles. The molecule has 198 valence electrons. The molecule has 2 aromatic carbocycles. The SMILES string of the molecule is COc1cccc2c(C(C)=O)cn(CCCN3CCC(Oc4ccc(Cl)cc4)CC3)c12.O=C(O)C(=O)O. The number of ether oxygens (including phenoxy) is 2. The second-order valence-electron chi connectivity index (χ2n) is 8.73. The van der Waals surface area contributed by atoms with Crippen molar-refractivity contribution in [3.63, 3.8) is 0 Å². The van der Waals surface area contributed by atoms with E-state index in [9.17, 15) is 4.79 Å². The van der Waals surface area contributed by atoms with E-state index in [1.807, 2.05) is 48.7 Å². The molecule has 1 aromatic heterocycles. The Labute approximate surface area is 220 Å². The van der Waals surface area contributed by atoms with E-state index in [0.29, 0.717) is 0 Å². The number of carbonyl (C=O) groups excluding carboxylic acids is 1. The van der Waals surface area contributed by atoms with E-state index in [4.69, 9.17) is 40.9 Å². The number of halogens is 1. The van der Waals surface area contributed by atoms with Gasteiger partial charge in [-0.15, -0.1) is 0 Å².